The Labute approximate surface area is 94.1 Å². The summed E-state index contributed by atoms with van der Waals surface area (Å²) in [6, 6.07) is 5.39. The first-order chi connectivity index (χ1) is 7.19. The van der Waals surface area contributed by atoms with Gasteiger partial charge in [0.25, 0.3) is 0 Å². The van der Waals surface area contributed by atoms with E-state index in [-0.39, 0.29) is 18.3 Å². The third-order valence-corrected chi connectivity index (χ3v) is 3.39. The highest BCUT2D eigenvalue weighted by atomic mass is 32.2. The Bertz CT molecular complexity index is 315. The van der Waals surface area contributed by atoms with Crippen LogP contribution in [0.1, 0.15) is 6.92 Å². The molecule has 2 N–H and O–H groups in total. The zero-order chi connectivity index (χ0) is 11.3. The molecule has 1 rings (SSSR count). The molecule has 0 heterocycles. The van der Waals surface area contributed by atoms with Crippen LogP contribution in [0.3, 0.4) is 0 Å². The first kappa shape index (κ1) is 12.2. The molecule has 0 spiro atoms. The van der Waals surface area contributed by atoms with Gasteiger partial charge in [-0.15, -0.1) is 11.8 Å². The van der Waals surface area contributed by atoms with Gasteiger partial charge in [-0.25, -0.2) is 0 Å². The second-order valence-corrected chi connectivity index (χ2v) is 4.47. The summed E-state index contributed by atoms with van der Waals surface area (Å²) in [4.78, 5) is 0.787. The number of hydrogen-bond donors (Lipinski definition) is 2. The Hall–Kier alpha value is -0.870. The van der Waals surface area contributed by atoms with Crippen LogP contribution in [-0.2, 0) is 0 Å². The lowest BCUT2D eigenvalue weighted by atomic mass is 10.2. The van der Waals surface area contributed by atoms with Gasteiger partial charge in [0.1, 0.15) is 0 Å². The summed E-state index contributed by atoms with van der Waals surface area (Å²) in [6.45, 7) is 2.13. The zero-order valence-electron chi connectivity index (χ0n) is 8.93. The Morgan fingerprint density at radius 2 is 2.20 bits per heavy atom. The van der Waals surface area contributed by atoms with Crippen LogP contribution in [0.15, 0.2) is 23.1 Å². The van der Waals surface area contributed by atoms with Crippen LogP contribution in [0.25, 0.3) is 0 Å². The normalized spacial score (nSPS) is 12.5. The van der Waals surface area contributed by atoms with Crippen LogP contribution in [0.4, 0.5) is 0 Å². The summed E-state index contributed by atoms with van der Waals surface area (Å²) in [6.07, 6.45) is 0. The van der Waals surface area contributed by atoms with E-state index in [0.717, 1.165) is 10.6 Å². The molecule has 3 nitrogen and oxygen atoms in total. The van der Waals surface area contributed by atoms with Crippen LogP contribution in [0.5, 0.6) is 11.5 Å². The third kappa shape index (κ3) is 3.32. The Morgan fingerprint density at radius 1 is 1.47 bits per heavy atom. The molecular weight excluding hydrogens is 212 g/mol. The van der Waals surface area contributed by atoms with Gasteiger partial charge in [-0.3, -0.25) is 0 Å². The molecule has 1 unspecified atom stereocenters. The molecule has 0 radical (unpaired) electrons. The molecule has 0 aliphatic rings. The van der Waals surface area contributed by atoms with Gasteiger partial charge in [-0.05, 0) is 18.1 Å². The highest BCUT2D eigenvalue weighted by Gasteiger charge is 2.09. The van der Waals surface area contributed by atoms with Crippen molar-refractivity contribution in [2.24, 2.45) is 5.92 Å². The summed E-state index contributed by atoms with van der Waals surface area (Å²) < 4.78 is 5.01. The molecule has 84 valence electrons. The van der Waals surface area contributed by atoms with E-state index in [2.05, 4.69) is 0 Å². The van der Waals surface area contributed by atoms with Gasteiger partial charge in [-0.2, -0.15) is 0 Å². The number of aromatic hydroxyl groups is 1. The first-order valence-electron chi connectivity index (χ1n) is 4.78. The Kier molecular flexibility index (Phi) is 4.78. The monoisotopic (exact) mass is 228 g/mol. The van der Waals surface area contributed by atoms with E-state index in [0.29, 0.717) is 5.75 Å². The maximum Gasteiger partial charge on any atom is 0.171 e. The van der Waals surface area contributed by atoms with E-state index >= 15 is 0 Å². The molecule has 0 aliphatic heterocycles. The lowest BCUT2D eigenvalue weighted by molar-refractivity contribution is 0.250. The average Bonchev–Trinajstić information content (AvgIpc) is 2.27. The van der Waals surface area contributed by atoms with Crippen molar-refractivity contribution < 1.29 is 14.9 Å². The van der Waals surface area contributed by atoms with Crippen LogP contribution < -0.4 is 4.74 Å². The van der Waals surface area contributed by atoms with Crippen molar-refractivity contribution in [3.63, 3.8) is 0 Å². The molecule has 0 saturated carbocycles. The van der Waals surface area contributed by atoms with Crippen molar-refractivity contribution >= 4 is 11.8 Å². The number of methoxy groups -OCH3 is 1. The smallest absolute Gasteiger partial charge is 0.171 e. The topological polar surface area (TPSA) is 49.7 Å². The number of aliphatic hydroxyl groups is 1. The Balaban J connectivity index is 2.68. The van der Waals surface area contributed by atoms with E-state index < -0.39 is 0 Å². The minimum absolute atomic E-state index is 0.164. The Morgan fingerprint density at radius 3 is 2.80 bits per heavy atom. The van der Waals surface area contributed by atoms with Gasteiger partial charge in [-0.1, -0.05) is 13.0 Å². The number of hydrogen-bond acceptors (Lipinski definition) is 4. The molecule has 0 bridgehead atoms. The number of aliphatic hydroxyl groups excluding tert-OH is 1. The summed E-state index contributed by atoms with van der Waals surface area (Å²) in [5.41, 5.74) is 0. The number of thioether (sulfide) groups is 1. The van der Waals surface area contributed by atoms with Crippen molar-refractivity contribution in [3.05, 3.63) is 18.2 Å². The first-order valence-corrected chi connectivity index (χ1v) is 5.77. The maximum atomic E-state index is 9.77. The molecule has 0 saturated heterocycles. The number of para-hydroxylation sites is 1. The highest BCUT2D eigenvalue weighted by Crippen LogP contribution is 2.36. The van der Waals surface area contributed by atoms with E-state index in [9.17, 15) is 5.11 Å². The second kappa shape index (κ2) is 5.88. The molecule has 0 aliphatic carbocycles. The van der Waals surface area contributed by atoms with Gasteiger partial charge in [0.2, 0.25) is 0 Å². The second-order valence-electron chi connectivity index (χ2n) is 3.41. The molecule has 15 heavy (non-hydrogen) atoms. The molecule has 1 aromatic rings. The predicted octanol–water partition coefficient (Wildman–Crippen LogP) is 2.12. The van der Waals surface area contributed by atoms with Gasteiger partial charge >= 0.3 is 0 Å². The quantitative estimate of drug-likeness (QED) is 0.758. The van der Waals surface area contributed by atoms with E-state index in [4.69, 9.17) is 9.84 Å². The van der Waals surface area contributed by atoms with E-state index in [1.807, 2.05) is 19.1 Å². The molecule has 0 amide bonds. The van der Waals surface area contributed by atoms with Gasteiger partial charge < -0.3 is 14.9 Å². The van der Waals surface area contributed by atoms with Crippen molar-refractivity contribution in [3.8, 4) is 11.5 Å². The lowest BCUT2D eigenvalue weighted by Gasteiger charge is -2.10. The van der Waals surface area contributed by atoms with Gasteiger partial charge in [0.05, 0.1) is 12.0 Å². The van der Waals surface area contributed by atoms with Crippen molar-refractivity contribution in [1.82, 2.24) is 0 Å². The van der Waals surface area contributed by atoms with Crippen LogP contribution in [0, 0.1) is 5.92 Å². The molecule has 4 heteroatoms. The van der Waals surface area contributed by atoms with Crippen LogP contribution >= 0.6 is 11.8 Å². The maximum absolute atomic E-state index is 9.77. The van der Waals surface area contributed by atoms with Crippen molar-refractivity contribution in [1.29, 1.82) is 0 Å². The summed E-state index contributed by atoms with van der Waals surface area (Å²) >= 11 is 1.52. The van der Waals surface area contributed by atoms with Crippen LogP contribution in [-0.4, -0.2) is 29.7 Å². The van der Waals surface area contributed by atoms with Gasteiger partial charge in [0, 0.05) is 12.4 Å². The molecule has 0 aromatic heterocycles. The molecule has 0 fully saturated rings. The largest absolute Gasteiger partial charge is 0.503 e. The fourth-order valence-corrected chi connectivity index (χ4v) is 2.05. The standard InChI is InChI=1S/C11H16O3S/c1-8(6-12)7-15-10-5-3-4-9(14-2)11(10)13/h3-5,8,12-13H,6-7H2,1-2H3. The fraction of sp³-hybridized carbons (Fsp3) is 0.455. The average molecular weight is 228 g/mol. The van der Waals surface area contributed by atoms with Gasteiger partial charge in [0.15, 0.2) is 11.5 Å². The summed E-state index contributed by atoms with van der Waals surface area (Å²) in [5.74, 6) is 1.66. The SMILES string of the molecule is COc1cccc(SCC(C)CO)c1O. The highest BCUT2D eigenvalue weighted by molar-refractivity contribution is 7.99. The van der Waals surface area contributed by atoms with Crippen LogP contribution in [0.2, 0.25) is 0 Å². The number of phenolic OH excluding ortho intramolecular Hbond substituents is 1. The molecule has 1 atom stereocenters. The molecule has 1 aromatic carbocycles. The number of rotatable bonds is 5. The number of phenols is 1. The fourth-order valence-electron chi connectivity index (χ4n) is 1.07. The summed E-state index contributed by atoms with van der Waals surface area (Å²) in [7, 11) is 1.53. The molecular formula is C11H16O3S. The number of benzene rings is 1. The number of ether oxygens (including phenoxy) is 1. The zero-order valence-corrected chi connectivity index (χ0v) is 9.75. The predicted molar refractivity (Wildman–Crippen MR) is 61.6 cm³/mol. The van der Waals surface area contributed by atoms with E-state index in [1.54, 1.807) is 6.07 Å². The minimum Gasteiger partial charge on any atom is -0.503 e. The third-order valence-electron chi connectivity index (χ3n) is 2.02. The van der Waals surface area contributed by atoms with Crippen molar-refractivity contribution in [2.45, 2.75) is 11.8 Å². The minimum atomic E-state index is 0.164. The lowest BCUT2D eigenvalue weighted by Crippen LogP contribution is -2.03. The van der Waals surface area contributed by atoms with Crippen molar-refractivity contribution in [2.75, 3.05) is 19.5 Å². The summed E-state index contributed by atoms with van der Waals surface area (Å²) in [5, 5.41) is 18.6. The van der Waals surface area contributed by atoms with E-state index in [1.165, 1.54) is 18.9 Å².